The highest BCUT2D eigenvalue weighted by molar-refractivity contribution is 5.33. The molecule has 2 aliphatic rings. The smallest absolute Gasteiger partial charge is 0.0892 e. The van der Waals surface area contributed by atoms with Crippen LogP contribution in [-0.2, 0) is 12.8 Å². The van der Waals surface area contributed by atoms with Crippen molar-refractivity contribution in [2.75, 3.05) is 0 Å². The van der Waals surface area contributed by atoms with Crippen molar-refractivity contribution in [2.24, 2.45) is 17.3 Å². The summed E-state index contributed by atoms with van der Waals surface area (Å²) in [7, 11) is 0. The fourth-order valence-electron chi connectivity index (χ4n) is 4.53. The molecule has 2 aliphatic carbocycles. The molecule has 106 valence electrons. The molecule has 1 aromatic rings. The highest BCUT2D eigenvalue weighted by atomic mass is 16.3. The first-order valence-corrected chi connectivity index (χ1v) is 7.75. The summed E-state index contributed by atoms with van der Waals surface area (Å²) in [5.74, 6) is 0.446. The summed E-state index contributed by atoms with van der Waals surface area (Å²) in [6.45, 7) is 3.98. The summed E-state index contributed by atoms with van der Waals surface area (Å²) in [4.78, 5) is 0. The Labute approximate surface area is 121 Å². The van der Waals surface area contributed by atoms with E-state index in [1.54, 1.807) is 0 Å². The Balaban J connectivity index is 2.07. The van der Waals surface area contributed by atoms with Crippen LogP contribution in [-0.4, -0.2) is 10.7 Å². The Morgan fingerprint density at radius 2 is 1.75 bits per heavy atom. The highest BCUT2D eigenvalue weighted by Crippen LogP contribution is 2.56. The number of aliphatic hydroxyl groups is 1. The van der Waals surface area contributed by atoms with Gasteiger partial charge in [-0.2, -0.15) is 5.26 Å². The molecule has 0 heterocycles. The van der Waals surface area contributed by atoms with Crippen LogP contribution in [0.4, 0.5) is 0 Å². The number of fused-ring (bicyclic) bond motifs is 3. The Hall–Kier alpha value is -1.33. The van der Waals surface area contributed by atoms with Crippen molar-refractivity contribution >= 4 is 0 Å². The van der Waals surface area contributed by atoms with Crippen LogP contribution < -0.4 is 0 Å². The first kappa shape index (κ1) is 13.6. The topological polar surface area (TPSA) is 44.0 Å². The molecule has 2 heteroatoms. The van der Waals surface area contributed by atoms with Gasteiger partial charge in [-0.25, -0.2) is 0 Å². The zero-order chi connectivity index (χ0) is 14.4. The molecule has 0 aliphatic heterocycles. The molecule has 0 aromatic heterocycles. The Morgan fingerprint density at radius 3 is 2.15 bits per heavy atom. The third-order valence-corrected chi connectivity index (χ3v) is 6.00. The third-order valence-electron chi connectivity index (χ3n) is 6.00. The van der Waals surface area contributed by atoms with Crippen LogP contribution in [0.3, 0.4) is 0 Å². The summed E-state index contributed by atoms with van der Waals surface area (Å²) >= 11 is 0. The van der Waals surface area contributed by atoms with E-state index >= 15 is 0 Å². The molecule has 0 amide bonds. The summed E-state index contributed by atoms with van der Waals surface area (Å²) in [5, 5.41) is 21.2. The van der Waals surface area contributed by atoms with Gasteiger partial charge in [-0.15, -0.1) is 0 Å². The van der Waals surface area contributed by atoms with Gasteiger partial charge >= 0.3 is 0 Å². The molecule has 1 aromatic carbocycles. The first-order chi connectivity index (χ1) is 9.55. The maximum atomic E-state index is 11.5. The second-order valence-electron chi connectivity index (χ2n) is 6.77. The fourth-order valence-corrected chi connectivity index (χ4v) is 4.53. The van der Waals surface area contributed by atoms with Gasteiger partial charge in [-0.1, -0.05) is 31.2 Å². The van der Waals surface area contributed by atoms with Crippen molar-refractivity contribution in [1.29, 1.82) is 5.26 Å². The predicted molar refractivity (Wildman–Crippen MR) is 79.0 cm³/mol. The molecule has 20 heavy (non-hydrogen) atoms. The van der Waals surface area contributed by atoms with Crippen molar-refractivity contribution in [1.82, 2.24) is 0 Å². The largest absolute Gasteiger partial charge is 0.388 e. The molecule has 2 bridgehead atoms. The Bertz CT molecular complexity index is 526. The van der Waals surface area contributed by atoms with Gasteiger partial charge in [0.15, 0.2) is 0 Å². The standard InChI is InChI=1S/C18H23NO/c1-3-17(2,12-19)18(20)15-8-9-16(18)11-14-7-5-4-6-13(14)10-15/h4-7,15-16,20H,3,8-11H2,1-2H3. The van der Waals surface area contributed by atoms with Gasteiger partial charge in [-0.3, -0.25) is 0 Å². The summed E-state index contributed by atoms with van der Waals surface area (Å²) in [6, 6.07) is 11.0. The van der Waals surface area contributed by atoms with E-state index in [0.717, 1.165) is 25.7 Å². The van der Waals surface area contributed by atoms with Crippen molar-refractivity contribution in [2.45, 2.75) is 51.6 Å². The highest BCUT2D eigenvalue weighted by Gasteiger charge is 2.59. The quantitative estimate of drug-likeness (QED) is 0.893. The average Bonchev–Trinajstić information content (AvgIpc) is 2.69. The zero-order valence-corrected chi connectivity index (χ0v) is 12.4. The molecule has 0 radical (unpaired) electrons. The number of rotatable bonds is 2. The van der Waals surface area contributed by atoms with Crippen LogP contribution in [0.25, 0.3) is 0 Å². The summed E-state index contributed by atoms with van der Waals surface area (Å²) in [5.41, 5.74) is 1.26. The predicted octanol–water partition coefficient (Wildman–Crippen LogP) is 3.48. The monoisotopic (exact) mass is 269 g/mol. The minimum Gasteiger partial charge on any atom is -0.388 e. The van der Waals surface area contributed by atoms with Crippen LogP contribution in [0.1, 0.15) is 44.2 Å². The third kappa shape index (κ3) is 1.66. The molecule has 3 atom stereocenters. The Morgan fingerprint density at radius 1 is 1.25 bits per heavy atom. The first-order valence-electron chi connectivity index (χ1n) is 7.75. The minimum atomic E-state index is -0.838. The van der Waals surface area contributed by atoms with Crippen LogP contribution in [0, 0.1) is 28.6 Å². The molecule has 1 N–H and O–H groups in total. The lowest BCUT2D eigenvalue weighted by Crippen LogP contribution is -2.53. The van der Waals surface area contributed by atoms with E-state index in [9.17, 15) is 10.4 Å². The van der Waals surface area contributed by atoms with Crippen molar-refractivity contribution < 1.29 is 5.11 Å². The van der Waals surface area contributed by atoms with E-state index in [1.165, 1.54) is 11.1 Å². The zero-order valence-electron chi connectivity index (χ0n) is 12.4. The Kier molecular flexibility index (Phi) is 3.14. The number of nitrogens with zero attached hydrogens (tertiary/aromatic N) is 1. The van der Waals surface area contributed by atoms with E-state index in [1.807, 2.05) is 13.8 Å². The molecular formula is C18H23NO. The maximum Gasteiger partial charge on any atom is 0.0892 e. The normalized spacial score (nSPS) is 34.7. The lowest BCUT2D eigenvalue weighted by Gasteiger charge is -2.44. The van der Waals surface area contributed by atoms with Crippen molar-refractivity contribution in [3.63, 3.8) is 0 Å². The van der Waals surface area contributed by atoms with Crippen LogP contribution in [0.5, 0.6) is 0 Å². The molecule has 0 spiro atoms. The van der Waals surface area contributed by atoms with Crippen LogP contribution >= 0.6 is 0 Å². The van der Waals surface area contributed by atoms with E-state index in [4.69, 9.17) is 0 Å². The lowest BCUT2D eigenvalue weighted by atomic mass is 9.63. The summed E-state index contributed by atoms with van der Waals surface area (Å²) < 4.78 is 0. The molecule has 1 fully saturated rings. The number of benzene rings is 1. The lowest BCUT2D eigenvalue weighted by molar-refractivity contribution is -0.110. The van der Waals surface area contributed by atoms with E-state index in [0.29, 0.717) is 6.42 Å². The molecule has 3 unspecified atom stereocenters. The van der Waals surface area contributed by atoms with Gasteiger partial charge in [0.25, 0.3) is 0 Å². The minimum absolute atomic E-state index is 0.223. The van der Waals surface area contributed by atoms with Gasteiger partial charge < -0.3 is 5.11 Å². The van der Waals surface area contributed by atoms with Gasteiger partial charge in [0.05, 0.1) is 17.1 Å². The number of hydrogen-bond donors (Lipinski definition) is 1. The molecule has 1 saturated carbocycles. The van der Waals surface area contributed by atoms with E-state index in [2.05, 4.69) is 30.3 Å². The number of nitriles is 1. The van der Waals surface area contributed by atoms with Gasteiger partial charge in [0.2, 0.25) is 0 Å². The van der Waals surface area contributed by atoms with E-state index < -0.39 is 11.0 Å². The fraction of sp³-hybridized carbons (Fsp3) is 0.611. The van der Waals surface area contributed by atoms with Crippen LogP contribution in [0.15, 0.2) is 24.3 Å². The van der Waals surface area contributed by atoms with Crippen LogP contribution in [0.2, 0.25) is 0 Å². The SMILES string of the molecule is CCC(C)(C#N)C1(O)C2CCC1Cc1ccccc1C2. The average molecular weight is 269 g/mol. The molecule has 3 rings (SSSR count). The second kappa shape index (κ2) is 4.60. The molecule has 0 saturated heterocycles. The van der Waals surface area contributed by atoms with Gasteiger partial charge in [0, 0.05) is 0 Å². The molecular weight excluding hydrogens is 246 g/mol. The number of hydrogen-bond acceptors (Lipinski definition) is 2. The maximum absolute atomic E-state index is 11.5. The molecule has 2 nitrogen and oxygen atoms in total. The van der Waals surface area contributed by atoms with Gasteiger partial charge in [-0.05, 0) is 62.0 Å². The van der Waals surface area contributed by atoms with Crippen molar-refractivity contribution in [3.8, 4) is 6.07 Å². The van der Waals surface area contributed by atoms with E-state index in [-0.39, 0.29) is 11.8 Å². The second-order valence-corrected chi connectivity index (χ2v) is 6.77. The van der Waals surface area contributed by atoms with Crippen molar-refractivity contribution in [3.05, 3.63) is 35.4 Å². The summed E-state index contributed by atoms with van der Waals surface area (Å²) in [6.07, 6.45) is 4.64. The van der Waals surface area contributed by atoms with Gasteiger partial charge in [0.1, 0.15) is 0 Å².